The molecule has 21 heavy (non-hydrogen) atoms. The van der Waals surface area contributed by atoms with E-state index in [1.54, 1.807) is 0 Å². The highest BCUT2D eigenvalue weighted by Gasteiger charge is 2.28. The molecule has 1 aliphatic carbocycles. The molecule has 0 amide bonds. The van der Waals surface area contributed by atoms with E-state index in [0.29, 0.717) is 6.04 Å². The van der Waals surface area contributed by atoms with Crippen LogP contribution in [-0.2, 0) is 6.54 Å². The minimum atomic E-state index is 0.523. The normalized spacial score (nSPS) is 16.9. The zero-order valence-electron chi connectivity index (χ0n) is 13.7. The van der Waals surface area contributed by atoms with Crippen LogP contribution in [0.5, 0.6) is 0 Å². The first-order chi connectivity index (χ1) is 10.1. The Labute approximate surface area is 128 Å². The Morgan fingerprint density at radius 2 is 2.05 bits per heavy atom. The maximum atomic E-state index is 4.30. The summed E-state index contributed by atoms with van der Waals surface area (Å²) in [6.45, 7) is 6.12. The Morgan fingerprint density at radius 1 is 1.33 bits per heavy atom. The zero-order chi connectivity index (χ0) is 15.2. The molecule has 116 valence electrons. The molecule has 4 nitrogen and oxygen atoms in total. The van der Waals surface area contributed by atoms with Gasteiger partial charge in [0.2, 0.25) is 0 Å². The van der Waals surface area contributed by atoms with Crippen molar-refractivity contribution in [1.82, 2.24) is 15.5 Å². The lowest BCUT2D eigenvalue weighted by molar-refractivity contribution is 0.247. The van der Waals surface area contributed by atoms with Crippen molar-refractivity contribution >= 4 is 5.96 Å². The first-order valence-electron chi connectivity index (χ1n) is 7.82. The highest BCUT2D eigenvalue weighted by molar-refractivity contribution is 5.79. The van der Waals surface area contributed by atoms with Gasteiger partial charge in [0.1, 0.15) is 0 Å². The molecule has 1 aromatic carbocycles. The molecule has 0 aliphatic heterocycles. The maximum Gasteiger partial charge on any atom is 0.191 e. The first-order valence-corrected chi connectivity index (χ1v) is 7.82. The van der Waals surface area contributed by atoms with Crippen LogP contribution < -0.4 is 10.6 Å². The highest BCUT2D eigenvalue weighted by Crippen LogP contribution is 2.26. The molecule has 1 atom stereocenters. The van der Waals surface area contributed by atoms with Gasteiger partial charge in [0.05, 0.1) is 0 Å². The predicted octanol–water partition coefficient (Wildman–Crippen LogP) is 2.14. The third kappa shape index (κ3) is 4.74. The minimum absolute atomic E-state index is 0.523. The van der Waals surface area contributed by atoms with Crippen LogP contribution in [-0.4, -0.2) is 43.6 Å². The average molecular weight is 288 g/mol. The summed E-state index contributed by atoms with van der Waals surface area (Å²) in [5.74, 6) is 0.870. The molecule has 1 saturated carbocycles. The van der Waals surface area contributed by atoms with Crippen LogP contribution >= 0.6 is 0 Å². The number of hydrogen-bond donors (Lipinski definition) is 2. The summed E-state index contributed by atoms with van der Waals surface area (Å²) >= 11 is 0. The number of likely N-dealkylation sites (N-methyl/N-ethyl adjacent to an activating group) is 1. The number of aryl methyl sites for hydroxylation is 1. The van der Waals surface area contributed by atoms with E-state index in [1.807, 2.05) is 7.05 Å². The third-order valence-corrected chi connectivity index (χ3v) is 4.31. The number of guanidine groups is 1. The smallest absolute Gasteiger partial charge is 0.191 e. The van der Waals surface area contributed by atoms with Gasteiger partial charge < -0.3 is 10.6 Å². The van der Waals surface area contributed by atoms with Gasteiger partial charge in [0.25, 0.3) is 0 Å². The molecule has 0 aromatic heterocycles. The quantitative estimate of drug-likeness (QED) is 0.622. The Hall–Kier alpha value is -1.55. The Morgan fingerprint density at radius 3 is 2.67 bits per heavy atom. The zero-order valence-corrected chi connectivity index (χ0v) is 13.7. The maximum absolute atomic E-state index is 4.30. The van der Waals surface area contributed by atoms with Gasteiger partial charge in [-0.2, -0.15) is 0 Å². The van der Waals surface area contributed by atoms with Crippen molar-refractivity contribution in [2.75, 3.05) is 20.6 Å². The Bertz CT molecular complexity index is 479. The second kappa shape index (κ2) is 7.46. The topological polar surface area (TPSA) is 39.7 Å². The first kappa shape index (κ1) is 15.8. The van der Waals surface area contributed by atoms with E-state index in [9.17, 15) is 0 Å². The van der Waals surface area contributed by atoms with Crippen molar-refractivity contribution < 1.29 is 0 Å². The van der Waals surface area contributed by atoms with Crippen molar-refractivity contribution in [1.29, 1.82) is 0 Å². The van der Waals surface area contributed by atoms with Crippen LogP contribution in [0.4, 0.5) is 0 Å². The van der Waals surface area contributed by atoms with E-state index in [0.717, 1.165) is 25.1 Å². The number of aliphatic imine (C=N–C) groups is 1. The van der Waals surface area contributed by atoms with Gasteiger partial charge in [-0.05, 0) is 44.9 Å². The van der Waals surface area contributed by atoms with E-state index >= 15 is 0 Å². The Kier molecular flexibility index (Phi) is 5.62. The van der Waals surface area contributed by atoms with Crippen LogP contribution in [0.2, 0.25) is 0 Å². The lowest BCUT2D eigenvalue weighted by Gasteiger charge is -2.25. The van der Waals surface area contributed by atoms with Crippen LogP contribution in [0.15, 0.2) is 29.3 Å². The second-order valence-corrected chi connectivity index (χ2v) is 5.98. The molecule has 1 aliphatic rings. The van der Waals surface area contributed by atoms with Crippen molar-refractivity contribution in [2.45, 2.75) is 45.3 Å². The van der Waals surface area contributed by atoms with Crippen LogP contribution in [0, 0.1) is 6.92 Å². The van der Waals surface area contributed by atoms with Gasteiger partial charge in [0, 0.05) is 32.2 Å². The molecule has 1 fully saturated rings. The standard InChI is InChI=1S/C17H28N4/c1-13-7-5-6-8-15(13)12-20-17(18-3)19-11-14(2)21(4)16-9-10-16/h5-8,14,16H,9-12H2,1-4H3,(H2,18,19,20). The SMILES string of the molecule is CN=C(NCc1ccccc1C)NCC(C)N(C)C1CC1. The molecule has 1 unspecified atom stereocenters. The molecule has 0 heterocycles. The number of nitrogens with one attached hydrogen (secondary N) is 2. The van der Waals surface area contributed by atoms with Gasteiger partial charge in [0.15, 0.2) is 5.96 Å². The molecule has 0 spiro atoms. The van der Waals surface area contributed by atoms with E-state index in [4.69, 9.17) is 0 Å². The number of rotatable bonds is 6. The number of nitrogens with zero attached hydrogens (tertiary/aromatic N) is 2. The fourth-order valence-electron chi connectivity index (χ4n) is 2.44. The predicted molar refractivity (Wildman–Crippen MR) is 89.6 cm³/mol. The van der Waals surface area contributed by atoms with Gasteiger partial charge in [-0.25, -0.2) is 0 Å². The van der Waals surface area contributed by atoms with Crippen molar-refractivity contribution in [3.8, 4) is 0 Å². The summed E-state index contributed by atoms with van der Waals surface area (Å²) in [6.07, 6.45) is 2.70. The largest absolute Gasteiger partial charge is 0.355 e. The van der Waals surface area contributed by atoms with Crippen molar-refractivity contribution in [2.24, 2.45) is 4.99 Å². The minimum Gasteiger partial charge on any atom is -0.355 e. The molecular formula is C17H28N4. The summed E-state index contributed by atoms with van der Waals surface area (Å²) in [5, 5.41) is 6.81. The lowest BCUT2D eigenvalue weighted by atomic mass is 10.1. The number of hydrogen-bond acceptors (Lipinski definition) is 2. The van der Waals surface area contributed by atoms with Gasteiger partial charge in [-0.3, -0.25) is 9.89 Å². The summed E-state index contributed by atoms with van der Waals surface area (Å²) in [5.41, 5.74) is 2.62. The summed E-state index contributed by atoms with van der Waals surface area (Å²) in [7, 11) is 4.04. The van der Waals surface area contributed by atoms with Gasteiger partial charge >= 0.3 is 0 Å². The molecule has 1 aromatic rings. The van der Waals surface area contributed by atoms with E-state index in [1.165, 1.54) is 24.0 Å². The molecule has 2 N–H and O–H groups in total. The molecule has 2 rings (SSSR count). The third-order valence-electron chi connectivity index (χ3n) is 4.31. The van der Waals surface area contributed by atoms with Crippen LogP contribution in [0.3, 0.4) is 0 Å². The summed E-state index contributed by atoms with van der Waals surface area (Å²) < 4.78 is 0. The second-order valence-electron chi connectivity index (χ2n) is 5.98. The van der Waals surface area contributed by atoms with Gasteiger partial charge in [-0.1, -0.05) is 24.3 Å². The van der Waals surface area contributed by atoms with E-state index in [2.05, 4.69) is 65.7 Å². The molecule has 4 heteroatoms. The van der Waals surface area contributed by atoms with Crippen LogP contribution in [0.1, 0.15) is 30.9 Å². The molecule has 0 saturated heterocycles. The molecular weight excluding hydrogens is 260 g/mol. The van der Waals surface area contributed by atoms with Crippen molar-refractivity contribution in [3.63, 3.8) is 0 Å². The van der Waals surface area contributed by atoms with E-state index in [-0.39, 0.29) is 0 Å². The highest BCUT2D eigenvalue weighted by atomic mass is 15.2. The van der Waals surface area contributed by atoms with Gasteiger partial charge in [-0.15, -0.1) is 0 Å². The molecule has 0 bridgehead atoms. The van der Waals surface area contributed by atoms with Crippen LogP contribution in [0.25, 0.3) is 0 Å². The summed E-state index contributed by atoms with van der Waals surface area (Å²) in [4.78, 5) is 6.76. The monoisotopic (exact) mass is 288 g/mol. The van der Waals surface area contributed by atoms with Crippen molar-refractivity contribution in [3.05, 3.63) is 35.4 Å². The fourth-order valence-corrected chi connectivity index (χ4v) is 2.44. The average Bonchev–Trinajstić information content (AvgIpc) is 3.32. The Balaban J connectivity index is 1.77. The van der Waals surface area contributed by atoms with E-state index < -0.39 is 0 Å². The molecule has 0 radical (unpaired) electrons. The summed E-state index contributed by atoms with van der Waals surface area (Å²) in [6, 6.07) is 9.76. The lowest BCUT2D eigenvalue weighted by Crippen LogP contribution is -2.45. The number of benzene rings is 1. The fraction of sp³-hybridized carbons (Fsp3) is 0.588.